The third kappa shape index (κ3) is 3.63. The first-order chi connectivity index (χ1) is 9.26. The normalized spacial score (nSPS) is 14.3. The van der Waals surface area contributed by atoms with Crippen molar-refractivity contribution in [2.75, 3.05) is 13.1 Å². The molecule has 0 amide bonds. The fourth-order valence-corrected chi connectivity index (χ4v) is 2.21. The third-order valence-electron chi connectivity index (χ3n) is 3.11. The van der Waals surface area contributed by atoms with Crippen LogP contribution in [0.25, 0.3) is 0 Å². The van der Waals surface area contributed by atoms with Crippen LogP contribution in [0.15, 0.2) is 6.33 Å². The van der Waals surface area contributed by atoms with Crippen LogP contribution in [0.5, 0.6) is 0 Å². The van der Waals surface area contributed by atoms with Gasteiger partial charge in [-0.1, -0.05) is 0 Å². The zero-order chi connectivity index (χ0) is 13.7. The number of nitrogens with zero attached hydrogens (tertiary/aromatic N) is 6. The maximum absolute atomic E-state index is 8.66. The molecule has 1 saturated carbocycles. The molecule has 0 aliphatic heterocycles. The zero-order valence-corrected chi connectivity index (χ0v) is 11.5. The molecule has 7 heteroatoms. The van der Waals surface area contributed by atoms with Crippen molar-refractivity contribution in [2.45, 2.75) is 38.4 Å². The van der Waals surface area contributed by atoms with Gasteiger partial charge in [0.15, 0.2) is 4.77 Å². The molecule has 6 nitrogen and oxygen atoms in total. The lowest BCUT2D eigenvalue weighted by Crippen LogP contribution is -2.29. The van der Waals surface area contributed by atoms with Crippen molar-refractivity contribution in [1.29, 1.82) is 10.5 Å². The Morgan fingerprint density at radius 1 is 1.32 bits per heavy atom. The van der Waals surface area contributed by atoms with E-state index in [-0.39, 0.29) is 0 Å². The number of aromatic nitrogens is 3. The fourth-order valence-electron chi connectivity index (χ4n) is 1.91. The van der Waals surface area contributed by atoms with Gasteiger partial charge in [0.25, 0.3) is 0 Å². The molecule has 19 heavy (non-hydrogen) atoms. The minimum absolute atomic E-state index is 0.447. The molecule has 0 aromatic carbocycles. The molecule has 0 spiro atoms. The van der Waals surface area contributed by atoms with E-state index in [4.69, 9.17) is 22.7 Å². The summed E-state index contributed by atoms with van der Waals surface area (Å²) in [5, 5.41) is 21.6. The topological polar surface area (TPSA) is 73.6 Å². The smallest absolute Gasteiger partial charge is 0.199 e. The Labute approximate surface area is 117 Å². The number of rotatable bonds is 7. The molecule has 0 atom stereocenters. The summed E-state index contributed by atoms with van der Waals surface area (Å²) in [7, 11) is 0. The Morgan fingerprint density at radius 2 is 1.95 bits per heavy atom. The highest BCUT2D eigenvalue weighted by Gasteiger charge is 2.25. The summed E-state index contributed by atoms with van der Waals surface area (Å²) >= 11 is 5.39. The summed E-state index contributed by atoms with van der Waals surface area (Å²) < 4.78 is 4.52. The molecule has 0 saturated heterocycles. The quantitative estimate of drug-likeness (QED) is 0.710. The number of hydrogen-bond donors (Lipinski definition) is 0. The lowest BCUT2D eigenvalue weighted by molar-refractivity contribution is 0.214. The highest BCUT2D eigenvalue weighted by molar-refractivity contribution is 7.71. The molecule has 1 heterocycles. The maximum Gasteiger partial charge on any atom is 0.199 e. The van der Waals surface area contributed by atoms with E-state index in [1.807, 2.05) is 9.47 Å². The van der Waals surface area contributed by atoms with Gasteiger partial charge in [-0.25, -0.2) is 4.68 Å². The average Bonchev–Trinajstić information content (AvgIpc) is 3.19. The molecule has 2 rings (SSSR count). The van der Waals surface area contributed by atoms with Gasteiger partial charge in [-0.3, -0.25) is 4.90 Å². The Bertz CT molecular complexity index is 538. The second-order valence-electron chi connectivity index (χ2n) is 4.63. The summed E-state index contributed by atoms with van der Waals surface area (Å²) in [6, 6.07) is 4.77. The van der Waals surface area contributed by atoms with E-state index < -0.39 is 0 Å². The Morgan fingerprint density at radius 3 is 2.47 bits per heavy atom. The number of nitriles is 2. The van der Waals surface area contributed by atoms with E-state index >= 15 is 0 Å². The first-order valence-corrected chi connectivity index (χ1v) is 6.77. The van der Waals surface area contributed by atoms with Gasteiger partial charge in [0.1, 0.15) is 6.33 Å². The summed E-state index contributed by atoms with van der Waals surface area (Å²) in [5.74, 6) is 0. The molecule has 0 unspecified atom stereocenters. The predicted molar refractivity (Wildman–Crippen MR) is 71.4 cm³/mol. The van der Waals surface area contributed by atoms with E-state index in [1.165, 1.54) is 12.8 Å². The SMILES string of the molecule is N#CCCN(CCC#N)Cn1ncn(C2CC2)c1=S. The van der Waals surface area contributed by atoms with Crippen LogP contribution in [0.2, 0.25) is 0 Å². The molecule has 0 N–H and O–H groups in total. The molecular formula is C12H16N6S. The first-order valence-electron chi connectivity index (χ1n) is 6.36. The van der Waals surface area contributed by atoms with Gasteiger partial charge in [0.05, 0.1) is 18.8 Å². The average molecular weight is 276 g/mol. The molecule has 1 fully saturated rings. The number of hydrogen-bond acceptors (Lipinski definition) is 5. The van der Waals surface area contributed by atoms with Crippen molar-refractivity contribution in [2.24, 2.45) is 0 Å². The molecule has 1 aliphatic carbocycles. The summed E-state index contributed by atoms with van der Waals surface area (Å²) in [6.07, 6.45) is 5.02. The van der Waals surface area contributed by atoms with E-state index in [9.17, 15) is 0 Å². The van der Waals surface area contributed by atoms with Crippen molar-refractivity contribution < 1.29 is 0 Å². The van der Waals surface area contributed by atoms with Crippen molar-refractivity contribution in [1.82, 2.24) is 19.2 Å². The molecular weight excluding hydrogens is 260 g/mol. The molecule has 0 bridgehead atoms. The van der Waals surface area contributed by atoms with Crippen molar-refractivity contribution >= 4 is 12.2 Å². The van der Waals surface area contributed by atoms with E-state index in [0.29, 0.717) is 38.6 Å². The van der Waals surface area contributed by atoms with Gasteiger partial charge in [0.2, 0.25) is 0 Å². The van der Waals surface area contributed by atoms with Crippen molar-refractivity contribution in [3.63, 3.8) is 0 Å². The largest absolute Gasteiger partial charge is 0.303 e. The van der Waals surface area contributed by atoms with Gasteiger partial charge in [-0.15, -0.1) is 0 Å². The van der Waals surface area contributed by atoms with Crippen LogP contribution in [-0.4, -0.2) is 32.3 Å². The third-order valence-corrected chi connectivity index (χ3v) is 3.53. The molecule has 100 valence electrons. The lowest BCUT2D eigenvalue weighted by atomic mass is 10.3. The van der Waals surface area contributed by atoms with Gasteiger partial charge in [0, 0.05) is 32.0 Å². The monoisotopic (exact) mass is 276 g/mol. The Kier molecular flexibility index (Phi) is 4.67. The zero-order valence-electron chi connectivity index (χ0n) is 10.7. The Balaban J connectivity index is 2.01. The van der Waals surface area contributed by atoms with Gasteiger partial charge in [-0.2, -0.15) is 15.6 Å². The van der Waals surface area contributed by atoms with E-state index in [1.54, 1.807) is 11.0 Å². The highest BCUT2D eigenvalue weighted by Crippen LogP contribution is 2.34. The standard InChI is InChI=1S/C12H16N6S/c13-5-1-7-16(8-2-6-14)10-18-12(19)17(9-15-18)11-3-4-11/h9,11H,1-4,7-8,10H2. The van der Waals surface area contributed by atoms with Crippen LogP contribution >= 0.6 is 12.2 Å². The summed E-state index contributed by atoms with van der Waals surface area (Å²) in [4.78, 5) is 2.03. The highest BCUT2D eigenvalue weighted by atomic mass is 32.1. The van der Waals surface area contributed by atoms with Crippen LogP contribution in [0.4, 0.5) is 0 Å². The second-order valence-corrected chi connectivity index (χ2v) is 4.99. The second kappa shape index (κ2) is 6.46. The molecule has 0 radical (unpaired) electrons. The minimum atomic E-state index is 0.447. The predicted octanol–water partition coefficient (Wildman–Crippen LogP) is 1.84. The first kappa shape index (κ1) is 13.7. The van der Waals surface area contributed by atoms with Gasteiger partial charge < -0.3 is 4.57 Å². The van der Waals surface area contributed by atoms with Crippen molar-refractivity contribution in [3.8, 4) is 12.1 Å². The maximum atomic E-state index is 8.66. The molecule has 1 aliphatic rings. The van der Waals surface area contributed by atoms with Crippen LogP contribution < -0.4 is 0 Å². The minimum Gasteiger partial charge on any atom is -0.303 e. The summed E-state index contributed by atoms with van der Waals surface area (Å²) in [6.45, 7) is 1.81. The van der Waals surface area contributed by atoms with Crippen LogP contribution in [0.3, 0.4) is 0 Å². The van der Waals surface area contributed by atoms with Crippen LogP contribution in [0.1, 0.15) is 31.7 Å². The lowest BCUT2D eigenvalue weighted by Gasteiger charge is -2.19. The van der Waals surface area contributed by atoms with E-state index in [0.717, 1.165) is 4.77 Å². The molecule has 1 aromatic rings. The van der Waals surface area contributed by atoms with Crippen molar-refractivity contribution in [3.05, 3.63) is 11.1 Å². The summed E-state index contributed by atoms with van der Waals surface area (Å²) in [5.41, 5.74) is 0. The van der Waals surface area contributed by atoms with E-state index in [2.05, 4.69) is 17.2 Å². The van der Waals surface area contributed by atoms with Gasteiger partial charge >= 0.3 is 0 Å². The fraction of sp³-hybridized carbons (Fsp3) is 0.667. The molecule has 1 aromatic heterocycles. The van der Waals surface area contributed by atoms with Gasteiger partial charge in [-0.05, 0) is 25.1 Å². The van der Waals surface area contributed by atoms with Crippen LogP contribution in [-0.2, 0) is 6.67 Å². The van der Waals surface area contributed by atoms with Crippen LogP contribution in [0, 0.1) is 27.4 Å². The Hall–Kier alpha value is -1.70.